The molecule has 0 unspecified atom stereocenters. The molecule has 0 amide bonds. The van der Waals surface area contributed by atoms with E-state index >= 15 is 0 Å². The molecule has 0 aliphatic heterocycles. The van der Waals surface area contributed by atoms with Crippen molar-refractivity contribution >= 4 is 11.4 Å². The summed E-state index contributed by atoms with van der Waals surface area (Å²) in [4.78, 5) is 9.75. The lowest BCUT2D eigenvalue weighted by molar-refractivity contribution is -0.387. The fourth-order valence-electron chi connectivity index (χ4n) is 1.75. The summed E-state index contributed by atoms with van der Waals surface area (Å²) >= 11 is 0. The van der Waals surface area contributed by atoms with Crippen LogP contribution in [0.2, 0.25) is 0 Å². The van der Waals surface area contributed by atoms with E-state index < -0.39 is 16.4 Å². The standard InChI is InChI=1S/C12H13FN4O2/c1-2-16-10(5-6-15-16)8-14-9-3-4-12(17(18)19)11(13)7-9/h3-7,14H,2,8H2,1H3. The fraction of sp³-hybridized carbons (Fsp3) is 0.250. The number of aromatic nitrogens is 2. The maximum absolute atomic E-state index is 13.4. The van der Waals surface area contributed by atoms with Gasteiger partial charge in [-0.25, -0.2) is 0 Å². The molecule has 1 heterocycles. The number of hydrogen-bond acceptors (Lipinski definition) is 4. The molecule has 2 rings (SSSR count). The molecule has 0 atom stereocenters. The highest BCUT2D eigenvalue weighted by Gasteiger charge is 2.13. The van der Waals surface area contributed by atoms with Gasteiger partial charge in [0.1, 0.15) is 0 Å². The van der Waals surface area contributed by atoms with Gasteiger partial charge in [-0.15, -0.1) is 0 Å². The molecule has 0 aliphatic rings. The Balaban J connectivity index is 2.08. The lowest BCUT2D eigenvalue weighted by Gasteiger charge is -2.08. The molecule has 0 saturated heterocycles. The monoisotopic (exact) mass is 264 g/mol. The number of nitrogens with zero attached hydrogens (tertiary/aromatic N) is 3. The van der Waals surface area contributed by atoms with Crippen LogP contribution in [0.15, 0.2) is 30.5 Å². The molecule has 0 fully saturated rings. The highest BCUT2D eigenvalue weighted by atomic mass is 19.1. The molecule has 1 aromatic heterocycles. The largest absolute Gasteiger partial charge is 0.379 e. The van der Waals surface area contributed by atoms with Crippen LogP contribution >= 0.6 is 0 Å². The Labute approximate surface area is 109 Å². The lowest BCUT2D eigenvalue weighted by Crippen LogP contribution is -2.08. The van der Waals surface area contributed by atoms with E-state index in [9.17, 15) is 14.5 Å². The third kappa shape index (κ3) is 2.87. The number of aryl methyl sites for hydroxylation is 1. The average Bonchev–Trinajstić information content (AvgIpc) is 2.83. The minimum Gasteiger partial charge on any atom is -0.379 e. The molecule has 1 N–H and O–H groups in total. The van der Waals surface area contributed by atoms with E-state index in [0.717, 1.165) is 24.4 Å². The summed E-state index contributed by atoms with van der Waals surface area (Å²) in [6, 6.07) is 5.60. The molecule has 0 aliphatic carbocycles. The summed E-state index contributed by atoms with van der Waals surface area (Å²) < 4.78 is 15.2. The van der Waals surface area contributed by atoms with Crippen LogP contribution in [0.25, 0.3) is 0 Å². The van der Waals surface area contributed by atoms with Crippen molar-refractivity contribution in [3.63, 3.8) is 0 Å². The molecule has 2 aromatic rings. The number of nitro benzene ring substituents is 1. The number of nitrogens with one attached hydrogen (secondary N) is 1. The van der Waals surface area contributed by atoms with Crippen LogP contribution in [0, 0.1) is 15.9 Å². The first kappa shape index (κ1) is 13.0. The van der Waals surface area contributed by atoms with Gasteiger partial charge in [-0.2, -0.15) is 9.49 Å². The summed E-state index contributed by atoms with van der Waals surface area (Å²) in [5.41, 5.74) is 0.928. The second kappa shape index (κ2) is 5.47. The first-order valence-corrected chi connectivity index (χ1v) is 5.80. The summed E-state index contributed by atoms with van der Waals surface area (Å²) in [6.45, 7) is 3.20. The number of benzene rings is 1. The third-order valence-electron chi connectivity index (χ3n) is 2.72. The molecule has 0 saturated carbocycles. The van der Waals surface area contributed by atoms with Crippen LogP contribution in [0.4, 0.5) is 15.8 Å². The smallest absolute Gasteiger partial charge is 0.304 e. The van der Waals surface area contributed by atoms with E-state index in [-0.39, 0.29) is 0 Å². The average molecular weight is 264 g/mol. The number of anilines is 1. The van der Waals surface area contributed by atoms with Crippen molar-refractivity contribution in [1.29, 1.82) is 0 Å². The molecule has 1 aromatic carbocycles. The van der Waals surface area contributed by atoms with Gasteiger partial charge in [-0.05, 0) is 19.1 Å². The second-order valence-corrected chi connectivity index (χ2v) is 3.92. The van der Waals surface area contributed by atoms with Gasteiger partial charge in [-0.3, -0.25) is 14.8 Å². The highest BCUT2D eigenvalue weighted by Crippen LogP contribution is 2.21. The van der Waals surface area contributed by atoms with Gasteiger partial charge in [0.2, 0.25) is 5.82 Å². The van der Waals surface area contributed by atoms with Gasteiger partial charge >= 0.3 is 5.69 Å². The molecule has 0 spiro atoms. The molecule has 19 heavy (non-hydrogen) atoms. The fourth-order valence-corrected chi connectivity index (χ4v) is 1.75. The van der Waals surface area contributed by atoms with Crippen molar-refractivity contribution < 1.29 is 9.31 Å². The van der Waals surface area contributed by atoms with Crippen LogP contribution in [0.3, 0.4) is 0 Å². The Bertz CT molecular complexity index is 597. The summed E-state index contributed by atoms with van der Waals surface area (Å²) in [6.07, 6.45) is 1.69. The Morgan fingerprint density at radius 2 is 2.26 bits per heavy atom. The highest BCUT2D eigenvalue weighted by molar-refractivity contribution is 5.49. The van der Waals surface area contributed by atoms with E-state index in [1.165, 1.54) is 6.07 Å². The summed E-state index contributed by atoms with van der Waals surface area (Å²) in [7, 11) is 0. The Morgan fingerprint density at radius 3 is 2.89 bits per heavy atom. The van der Waals surface area contributed by atoms with Crippen molar-refractivity contribution in [2.24, 2.45) is 0 Å². The molecular formula is C12H13FN4O2. The molecule has 0 radical (unpaired) electrons. The van der Waals surface area contributed by atoms with Gasteiger partial charge < -0.3 is 5.32 Å². The Hall–Kier alpha value is -2.44. The third-order valence-corrected chi connectivity index (χ3v) is 2.72. The van der Waals surface area contributed by atoms with Crippen LogP contribution in [-0.2, 0) is 13.1 Å². The van der Waals surface area contributed by atoms with Crippen molar-refractivity contribution in [2.45, 2.75) is 20.0 Å². The van der Waals surface area contributed by atoms with E-state index in [1.54, 1.807) is 6.20 Å². The first-order chi connectivity index (χ1) is 9.11. The van der Waals surface area contributed by atoms with Crippen LogP contribution < -0.4 is 5.32 Å². The van der Waals surface area contributed by atoms with Crippen molar-refractivity contribution in [3.8, 4) is 0 Å². The molecule has 6 nitrogen and oxygen atoms in total. The van der Waals surface area contributed by atoms with E-state index in [0.29, 0.717) is 12.2 Å². The predicted molar refractivity (Wildman–Crippen MR) is 68.3 cm³/mol. The van der Waals surface area contributed by atoms with E-state index in [4.69, 9.17) is 0 Å². The molecule has 0 bridgehead atoms. The molecular weight excluding hydrogens is 251 g/mol. The minimum atomic E-state index is -0.848. The predicted octanol–water partition coefficient (Wildman–Crippen LogP) is 2.56. The zero-order valence-corrected chi connectivity index (χ0v) is 10.3. The second-order valence-electron chi connectivity index (χ2n) is 3.92. The summed E-state index contributed by atoms with van der Waals surface area (Å²) in [5, 5.41) is 17.6. The topological polar surface area (TPSA) is 73.0 Å². The number of halogens is 1. The number of hydrogen-bond donors (Lipinski definition) is 1. The van der Waals surface area contributed by atoms with Crippen molar-refractivity contribution in [2.75, 3.05) is 5.32 Å². The molecule has 7 heteroatoms. The van der Waals surface area contributed by atoms with Gasteiger partial charge in [-0.1, -0.05) is 0 Å². The van der Waals surface area contributed by atoms with E-state index in [1.807, 2.05) is 17.7 Å². The van der Waals surface area contributed by atoms with Crippen LogP contribution in [-0.4, -0.2) is 14.7 Å². The lowest BCUT2D eigenvalue weighted by atomic mass is 10.2. The van der Waals surface area contributed by atoms with Crippen LogP contribution in [0.5, 0.6) is 0 Å². The van der Waals surface area contributed by atoms with Gasteiger partial charge in [0, 0.05) is 30.6 Å². The number of nitro groups is 1. The SMILES string of the molecule is CCn1nccc1CNc1ccc([N+](=O)[O-])c(F)c1. The van der Waals surface area contributed by atoms with E-state index in [2.05, 4.69) is 10.4 Å². The molecule has 100 valence electrons. The minimum absolute atomic E-state index is 0.477. The Morgan fingerprint density at radius 1 is 1.47 bits per heavy atom. The number of rotatable bonds is 5. The van der Waals surface area contributed by atoms with Gasteiger partial charge in [0.05, 0.1) is 17.2 Å². The zero-order chi connectivity index (χ0) is 13.8. The van der Waals surface area contributed by atoms with Crippen molar-refractivity contribution in [3.05, 3.63) is 52.1 Å². The van der Waals surface area contributed by atoms with Crippen molar-refractivity contribution in [1.82, 2.24) is 9.78 Å². The van der Waals surface area contributed by atoms with Gasteiger partial charge in [0.15, 0.2) is 0 Å². The zero-order valence-electron chi connectivity index (χ0n) is 10.3. The maximum atomic E-state index is 13.4. The maximum Gasteiger partial charge on any atom is 0.304 e. The first-order valence-electron chi connectivity index (χ1n) is 5.80. The quantitative estimate of drug-likeness (QED) is 0.665. The van der Waals surface area contributed by atoms with Crippen LogP contribution in [0.1, 0.15) is 12.6 Å². The van der Waals surface area contributed by atoms with Gasteiger partial charge in [0.25, 0.3) is 0 Å². The Kier molecular flexibility index (Phi) is 3.74. The summed E-state index contributed by atoms with van der Waals surface area (Å²) in [5.74, 6) is -0.848. The normalized spacial score (nSPS) is 10.4.